The molecular formula is C17H21N3O5S. The minimum atomic E-state index is -1.06. The Hall–Kier alpha value is -2.55. The number of carboxylic acids is 1. The van der Waals surface area contributed by atoms with Gasteiger partial charge in [0.05, 0.1) is 19.7 Å². The first kappa shape index (κ1) is 19.8. The number of ether oxygens (including phenoxy) is 1. The Kier molecular flexibility index (Phi) is 5.91. The zero-order valence-electron chi connectivity index (χ0n) is 14.9. The molecule has 9 heteroatoms. The van der Waals surface area contributed by atoms with Gasteiger partial charge in [-0.2, -0.15) is 5.10 Å². The molecule has 0 saturated carbocycles. The van der Waals surface area contributed by atoms with Crippen molar-refractivity contribution in [1.82, 2.24) is 5.32 Å². The number of thioether (sulfide) groups is 1. The van der Waals surface area contributed by atoms with Gasteiger partial charge >= 0.3 is 5.97 Å². The van der Waals surface area contributed by atoms with Crippen LogP contribution in [0.5, 0.6) is 11.5 Å². The highest BCUT2D eigenvalue weighted by molar-refractivity contribution is 8.15. The molecule has 1 aromatic carbocycles. The molecule has 1 saturated heterocycles. The summed E-state index contributed by atoms with van der Waals surface area (Å²) in [6, 6.07) is 3.55. The number of phenols is 1. The lowest BCUT2D eigenvalue weighted by Gasteiger charge is -2.21. The van der Waals surface area contributed by atoms with Crippen LogP contribution in [0, 0.1) is 0 Å². The maximum absolute atomic E-state index is 11.7. The molecule has 1 amide bonds. The SMILES string of the molecule is COc1cc(C(C)(C)C)cc(C=NN=C2NC(=O)C(CC(=O)O)S2)c1O. The summed E-state index contributed by atoms with van der Waals surface area (Å²) in [7, 11) is 1.47. The molecule has 1 atom stereocenters. The van der Waals surface area contributed by atoms with Gasteiger partial charge < -0.3 is 20.3 Å². The average Bonchev–Trinajstić information content (AvgIpc) is 2.87. The number of carboxylic acid groups (broad SMARTS) is 1. The van der Waals surface area contributed by atoms with Gasteiger partial charge in [0, 0.05) is 5.56 Å². The van der Waals surface area contributed by atoms with Gasteiger partial charge in [-0.3, -0.25) is 9.59 Å². The fourth-order valence-corrected chi connectivity index (χ4v) is 3.12. The predicted molar refractivity (Wildman–Crippen MR) is 100 cm³/mol. The van der Waals surface area contributed by atoms with Gasteiger partial charge in [0.2, 0.25) is 5.91 Å². The largest absolute Gasteiger partial charge is 0.504 e. The third-order valence-corrected chi connectivity index (χ3v) is 4.74. The number of methoxy groups -OCH3 is 1. The molecule has 3 N–H and O–H groups in total. The Morgan fingerprint density at radius 3 is 2.69 bits per heavy atom. The van der Waals surface area contributed by atoms with E-state index < -0.39 is 17.1 Å². The summed E-state index contributed by atoms with van der Waals surface area (Å²) < 4.78 is 5.20. The monoisotopic (exact) mass is 379 g/mol. The number of hydrogen-bond donors (Lipinski definition) is 3. The topological polar surface area (TPSA) is 121 Å². The van der Waals surface area contributed by atoms with E-state index in [9.17, 15) is 14.7 Å². The predicted octanol–water partition coefficient (Wildman–Crippen LogP) is 2.09. The molecule has 1 fully saturated rings. The summed E-state index contributed by atoms with van der Waals surface area (Å²) >= 11 is 1.01. The summed E-state index contributed by atoms with van der Waals surface area (Å²) in [4.78, 5) is 22.4. The fourth-order valence-electron chi connectivity index (χ4n) is 2.21. The van der Waals surface area contributed by atoms with Crippen molar-refractivity contribution in [2.75, 3.05) is 7.11 Å². The second kappa shape index (κ2) is 7.77. The van der Waals surface area contributed by atoms with E-state index in [-0.39, 0.29) is 22.8 Å². The Morgan fingerprint density at radius 2 is 2.12 bits per heavy atom. The van der Waals surface area contributed by atoms with Crippen LogP contribution in [-0.2, 0) is 15.0 Å². The fraction of sp³-hybridized carbons (Fsp3) is 0.412. The van der Waals surface area contributed by atoms with Crippen molar-refractivity contribution in [2.24, 2.45) is 10.2 Å². The number of phenolic OH excluding ortho intramolecular Hbond substituents is 1. The molecule has 0 spiro atoms. The third-order valence-electron chi connectivity index (χ3n) is 3.67. The number of carbonyl (C=O) groups is 2. The number of amides is 1. The molecule has 8 nitrogen and oxygen atoms in total. The second-order valence-corrected chi connectivity index (χ2v) is 7.90. The summed E-state index contributed by atoms with van der Waals surface area (Å²) in [6.07, 6.45) is 1.07. The van der Waals surface area contributed by atoms with Crippen molar-refractivity contribution in [3.05, 3.63) is 23.3 Å². The van der Waals surface area contributed by atoms with Crippen LogP contribution >= 0.6 is 11.8 Å². The number of benzene rings is 1. The normalized spacial score (nSPS) is 19.2. The highest BCUT2D eigenvalue weighted by atomic mass is 32.2. The first-order valence-electron chi connectivity index (χ1n) is 7.83. The summed E-state index contributed by atoms with van der Waals surface area (Å²) in [5, 5.41) is 28.8. The van der Waals surface area contributed by atoms with Crippen LogP contribution in [0.2, 0.25) is 0 Å². The van der Waals surface area contributed by atoms with Gasteiger partial charge in [0.1, 0.15) is 5.25 Å². The first-order chi connectivity index (χ1) is 12.1. The molecule has 1 aliphatic heterocycles. The lowest BCUT2D eigenvalue weighted by Crippen LogP contribution is -2.26. The molecule has 0 bridgehead atoms. The van der Waals surface area contributed by atoms with Gasteiger partial charge in [-0.25, -0.2) is 0 Å². The van der Waals surface area contributed by atoms with Gasteiger partial charge in [-0.15, -0.1) is 5.10 Å². The number of amidine groups is 1. The van der Waals surface area contributed by atoms with Crippen molar-refractivity contribution in [2.45, 2.75) is 37.9 Å². The highest BCUT2D eigenvalue weighted by Crippen LogP contribution is 2.35. The van der Waals surface area contributed by atoms with Crippen LogP contribution in [0.15, 0.2) is 22.3 Å². The maximum atomic E-state index is 11.7. The van der Waals surface area contributed by atoms with Crippen LogP contribution in [0.4, 0.5) is 0 Å². The summed E-state index contributed by atoms with van der Waals surface area (Å²) in [6.45, 7) is 6.10. The van der Waals surface area contributed by atoms with Crippen LogP contribution in [0.3, 0.4) is 0 Å². The highest BCUT2D eigenvalue weighted by Gasteiger charge is 2.32. The van der Waals surface area contributed by atoms with E-state index in [1.54, 1.807) is 12.1 Å². The van der Waals surface area contributed by atoms with Crippen LogP contribution in [0.25, 0.3) is 0 Å². The lowest BCUT2D eigenvalue weighted by molar-refractivity contribution is -0.138. The number of hydrogen-bond acceptors (Lipinski definition) is 7. The number of aromatic hydroxyl groups is 1. The van der Waals surface area contributed by atoms with E-state index in [2.05, 4.69) is 15.5 Å². The van der Waals surface area contributed by atoms with E-state index >= 15 is 0 Å². The Morgan fingerprint density at radius 1 is 1.42 bits per heavy atom. The minimum Gasteiger partial charge on any atom is -0.504 e. The van der Waals surface area contributed by atoms with Gasteiger partial charge in [-0.1, -0.05) is 32.5 Å². The molecule has 1 aromatic rings. The Labute approximate surface area is 155 Å². The van der Waals surface area contributed by atoms with E-state index in [0.717, 1.165) is 17.3 Å². The Bertz CT molecular complexity index is 783. The maximum Gasteiger partial charge on any atom is 0.305 e. The van der Waals surface area contributed by atoms with Crippen molar-refractivity contribution in [1.29, 1.82) is 0 Å². The van der Waals surface area contributed by atoms with Crippen molar-refractivity contribution >= 4 is 35.0 Å². The molecule has 140 valence electrons. The molecule has 0 aromatic heterocycles. The quantitative estimate of drug-likeness (QED) is 0.532. The summed E-state index contributed by atoms with van der Waals surface area (Å²) in [5.41, 5.74) is 1.22. The van der Waals surface area contributed by atoms with Crippen molar-refractivity contribution in [3.63, 3.8) is 0 Å². The van der Waals surface area contributed by atoms with E-state index in [1.165, 1.54) is 13.3 Å². The molecular weight excluding hydrogens is 358 g/mol. The van der Waals surface area contributed by atoms with Crippen molar-refractivity contribution in [3.8, 4) is 11.5 Å². The molecule has 0 radical (unpaired) electrons. The minimum absolute atomic E-state index is 0.0590. The van der Waals surface area contributed by atoms with Gasteiger partial charge in [0.25, 0.3) is 0 Å². The smallest absolute Gasteiger partial charge is 0.305 e. The standard InChI is InChI=1S/C17H21N3O5S/c1-17(2,3)10-5-9(14(23)11(6-10)25-4)8-18-20-16-19-15(24)12(26-16)7-13(21)22/h5-6,8,12,23H,7H2,1-4H3,(H,21,22)(H,19,20,24). The number of aliphatic carboxylic acids is 1. The van der Waals surface area contributed by atoms with E-state index in [0.29, 0.717) is 11.3 Å². The molecule has 1 aliphatic rings. The second-order valence-electron chi connectivity index (χ2n) is 6.71. The lowest BCUT2D eigenvalue weighted by atomic mass is 9.86. The van der Waals surface area contributed by atoms with Gasteiger partial charge in [-0.05, 0) is 23.1 Å². The zero-order chi connectivity index (χ0) is 19.5. The van der Waals surface area contributed by atoms with Gasteiger partial charge in [0.15, 0.2) is 16.7 Å². The number of carbonyl (C=O) groups excluding carboxylic acids is 1. The zero-order valence-corrected chi connectivity index (χ0v) is 15.8. The molecule has 0 aliphatic carbocycles. The van der Waals surface area contributed by atoms with Crippen LogP contribution in [0.1, 0.15) is 38.3 Å². The third kappa shape index (κ3) is 4.75. The molecule has 1 heterocycles. The van der Waals surface area contributed by atoms with Crippen molar-refractivity contribution < 1.29 is 24.5 Å². The number of nitrogens with one attached hydrogen (secondary N) is 1. The molecule has 26 heavy (non-hydrogen) atoms. The van der Waals surface area contributed by atoms with Crippen LogP contribution in [-0.4, -0.2) is 45.8 Å². The number of rotatable bonds is 5. The van der Waals surface area contributed by atoms with E-state index in [1.807, 2.05) is 20.8 Å². The van der Waals surface area contributed by atoms with Crippen LogP contribution < -0.4 is 10.1 Å². The molecule has 1 unspecified atom stereocenters. The number of nitrogens with zero attached hydrogens (tertiary/aromatic N) is 2. The first-order valence-corrected chi connectivity index (χ1v) is 8.71. The Balaban J connectivity index is 2.23. The summed E-state index contributed by atoms with van der Waals surface area (Å²) in [5.74, 6) is -1.20. The molecule has 2 rings (SSSR count). The average molecular weight is 379 g/mol. The van der Waals surface area contributed by atoms with E-state index in [4.69, 9.17) is 9.84 Å².